The lowest BCUT2D eigenvalue weighted by Gasteiger charge is -2.20. The normalized spacial score (nSPS) is 13.6. The second-order valence-corrected chi connectivity index (χ2v) is 4.05. The van der Waals surface area contributed by atoms with Gasteiger partial charge in [0, 0.05) is 18.2 Å². The lowest BCUT2D eigenvalue weighted by Crippen LogP contribution is -2.15. The van der Waals surface area contributed by atoms with Gasteiger partial charge < -0.3 is 20.3 Å². The van der Waals surface area contributed by atoms with Crippen LogP contribution in [0.1, 0.15) is 0 Å². The Labute approximate surface area is 104 Å². The van der Waals surface area contributed by atoms with E-state index in [1.807, 2.05) is 0 Å². The summed E-state index contributed by atoms with van der Waals surface area (Å²) in [6.07, 6.45) is 1.61. The van der Waals surface area contributed by atoms with E-state index in [1.165, 1.54) is 0 Å². The Kier molecular flexibility index (Phi) is 2.29. The number of benzene rings is 1. The molecule has 0 saturated heterocycles. The van der Waals surface area contributed by atoms with Crippen LogP contribution in [-0.4, -0.2) is 28.1 Å². The molecule has 94 valence electrons. The van der Waals surface area contributed by atoms with Crippen LogP contribution in [0, 0.1) is 0 Å². The van der Waals surface area contributed by atoms with E-state index >= 15 is 0 Å². The highest BCUT2D eigenvalue weighted by Crippen LogP contribution is 2.45. The van der Waals surface area contributed by atoms with E-state index in [2.05, 4.69) is 5.10 Å². The molecule has 1 aliphatic heterocycles. The van der Waals surface area contributed by atoms with Gasteiger partial charge in [-0.1, -0.05) is 0 Å². The molecule has 2 aromatic rings. The van der Waals surface area contributed by atoms with Crippen molar-refractivity contribution in [3.8, 4) is 28.4 Å². The zero-order chi connectivity index (χ0) is 12.7. The summed E-state index contributed by atoms with van der Waals surface area (Å²) in [7, 11) is 1.74. The fourth-order valence-electron chi connectivity index (χ4n) is 1.97. The number of hydrogen-bond donors (Lipinski definition) is 2. The molecule has 1 aliphatic rings. The van der Waals surface area contributed by atoms with Crippen molar-refractivity contribution < 1.29 is 14.6 Å². The van der Waals surface area contributed by atoms with Crippen LogP contribution in [0.2, 0.25) is 0 Å². The lowest BCUT2D eigenvalue weighted by molar-refractivity contribution is 0.166. The van der Waals surface area contributed by atoms with Crippen LogP contribution >= 0.6 is 0 Å². The topological polar surface area (TPSA) is 82.5 Å². The van der Waals surface area contributed by atoms with Gasteiger partial charge in [0.25, 0.3) is 0 Å². The minimum Gasteiger partial charge on any atom is -0.504 e. The Morgan fingerprint density at radius 1 is 1.28 bits per heavy atom. The third kappa shape index (κ3) is 1.46. The second kappa shape index (κ2) is 3.83. The maximum atomic E-state index is 10.2. The van der Waals surface area contributed by atoms with Crippen LogP contribution < -0.4 is 15.2 Å². The van der Waals surface area contributed by atoms with Crippen molar-refractivity contribution >= 4 is 5.82 Å². The van der Waals surface area contributed by atoms with Gasteiger partial charge in [-0.2, -0.15) is 5.10 Å². The van der Waals surface area contributed by atoms with Gasteiger partial charge in [-0.15, -0.1) is 0 Å². The minimum absolute atomic E-state index is 0.0342. The Morgan fingerprint density at radius 2 is 2.06 bits per heavy atom. The summed E-state index contributed by atoms with van der Waals surface area (Å²) in [4.78, 5) is 0. The number of rotatable bonds is 1. The highest BCUT2D eigenvalue weighted by Gasteiger charge is 2.21. The van der Waals surface area contributed by atoms with Crippen molar-refractivity contribution in [3.63, 3.8) is 0 Å². The van der Waals surface area contributed by atoms with E-state index < -0.39 is 0 Å². The number of nitrogen functional groups attached to an aromatic ring is 1. The van der Waals surface area contributed by atoms with Crippen molar-refractivity contribution in [3.05, 3.63) is 18.3 Å². The van der Waals surface area contributed by atoms with E-state index in [-0.39, 0.29) is 5.75 Å². The molecule has 0 fully saturated rings. The molecule has 0 unspecified atom stereocenters. The van der Waals surface area contributed by atoms with Gasteiger partial charge in [-0.25, -0.2) is 0 Å². The van der Waals surface area contributed by atoms with Gasteiger partial charge in [0.1, 0.15) is 19.0 Å². The third-order valence-corrected chi connectivity index (χ3v) is 2.96. The number of phenols is 1. The molecule has 6 heteroatoms. The Balaban J connectivity index is 2.16. The zero-order valence-electron chi connectivity index (χ0n) is 9.88. The largest absolute Gasteiger partial charge is 0.504 e. The van der Waals surface area contributed by atoms with Gasteiger partial charge in [0.15, 0.2) is 11.5 Å². The minimum atomic E-state index is 0.0342. The van der Waals surface area contributed by atoms with Crippen molar-refractivity contribution in [2.75, 3.05) is 18.9 Å². The van der Waals surface area contributed by atoms with E-state index in [9.17, 15) is 5.11 Å². The number of phenolic OH excluding ortho intramolecular Hbond substituents is 1. The molecule has 2 heterocycles. The molecule has 0 radical (unpaired) electrons. The third-order valence-electron chi connectivity index (χ3n) is 2.96. The first-order valence-electron chi connectivity index (χ1n) is 5.58. The number of ether oxygens (including phenoxy) is 2. The molecule has 6 nitrogen and oxygen atoms in total. The number of fused-ring (bicyclic) bond motifs is 1. The number of hydrogen-bond acceptors (Lipinski definition) is 5. The van der Waals surface area contributed by atoms with Crippen LogP contribution in [0.3, 0.4) is 0 Å². The molecule has 0 atom stereocenters. The Hall–Kier alpha value is -2.37. The SMILES string of the molecule is Cn1ncc(-c2ccc3c(c2O)OCCO3)c1N. The molecular formula is C12H13N3O3. The molecule has 0 amide bonds. The number of anilines is 1. The fourth-order valence-corrected chi connectivity index (χ4v) is 1.97. The number of aromatic hydroxyl groups is 1. The smallest absolute Gasteiger partial charge is 0.204 e. The predicted octanol–water partition coefficient (Wildman–Crippen LogP) is 1.15. The van der Waals surface area contributed by atoms with Crippen LogP contribution in [-0.2, 0) is 7.05 Å². The summed E-state index contributed by atoms with van der Waals surface area (Å²) < 4.78 is 12.4. The molecule has 3 rings (SSSR count). The molecule has 18 heavy (non-hydrogen) atoms. The first-order chi connectivity index (χ1) is 8.68. The van der Waals surface area contributed by atoms with Crippen LogP contribution in [0.15, 0.2) is 18.3 Å². The number of nitrogens with zero attached hydrogens (tertiary/aromatic N) is 2. The number of nitrogens with two attached hydrogens (primary N) is 1. The molecule has 1 aromatic carbocycles. The summed E-state index contributed by atoms with van der Waals surface area (Å²) >= 11 is 0. The number of aryl methyl sites for hydroxylation is 1. The quantitative estimate of drug-likeness (QED) is 0.789. The lowest BCUT2D eigenvalue weighted by atomic mass is 10.1. The van der Waals surface area contributed by atoms with Crippen LogP contribution in [0.4, 0.5) is 5.82 Å². The molecule has 1 aromatic heterocycles. The van der Waals surface area contributed by atoms with Gasteiger partial charge in [0.2, 0.25) is 5.75 Å². The van der Waals surface area contributed by atoms with Crippen LogP contribution in [0.25, 0.3) is 11.1 Å². The highest BCUT2D eigenvalue weighted by atomic mass is 16.6. The first-order valence-corrected chi connectivity index (χ1v) is 5.58. The van der Waals surface area contributed by atoms with Crippen molar-refractivity contribution in [2.45, 2.75) is 0 Å². The van der Waals surface area contributed by atoms with Crippen LogP contribution in [0.5, 0.6) is 17.2 Å². The van der Waals surface area contributed by atoms with Crippen molar-refractivity contribution in [1.82, 2.24) is 9.78 Å². The molecule has 3 N–H and O–H groups in total. The molecule has 0 bridgehead atoms. The monoisotopic (exact) mass is 247 g/mol. The summed E-state index contributed by atoms with van der Waals surface area (Å²) in [5.74, 6) is 1.43. The fraction of sp³-hybridized carbons (Fsp3) is 0.250. The summed E-state index contributed by atoms with van der Waals surface area (Å²) in [5.41, 5.74) is 7.16. The average Bonchev–Trinajstić information content (AvgIpc) is 2.71. The number of aromatic nitrogens is 2. The maximum Gasteiger partial charge on any atom is 0.204 e. The molecule has 0 spiro atoms. The van der Waals surface area contributed by atoms with E-state index in [1.54, 1.807) is 30.1 Å². The van der Waals surface area contributed by atoms with Gasteiger partial charge in [0.05, 0.1) is 6.20 Å². The maximum absolute atomic E-state index is 10.2. The van der Waals surface area contributed by atoms with Gasteiger partial charge in [-0.05, 0) is 12.1 Å². The Morgan fingerprint density at radius 3 is 2.78 bits per heavy atom. The van der Waals surface area contributed by atoms with Crippen molar-refractivity contribution in [1.29, 1.82) is 0 Å². The first kappa shape index (κ1) is 10.8. The average molecular weight is 247 g/mol. The van der Waals surface area contributed by atoms with E-state index in [4.69, 9.17) is 15.2 Å². The second-order valence-electron chi connectivity index (χ2n) is 4.05. The highest BCUT2D eigenvalue weighted by molar-refractivity contribution is 5.81. The van der Waals surface area contributed by atoms with E-state index in [0.717, 1.165) is 0 Å². The zero-order valence-corrected chi connectivity index (χ0v) is 9.88. The van der Waals surface area contributed by atoms with Crippen molar-refractivity contribution in [2.24, 2.45) is 7.05 Å². The summed E-state index contributed by atoms with van der Waals surface area (Å²) in [5, 5.41) is 14.3. The standard InChI is InChI=1S/C12H13N3O3/c1-15-12(13)8(6-14-15)7-2-3-9-11(10(7)16)18-5-4-17-9/h2-3,6,16H,4-5,13H2,1H3. The molecule has 0 saturated carbocycles. The molecule has 0 aliphatic carbocycles. The van der Waals surface area contributed by atoms with Gasteiger partial charge >= 0.3 is 0 Å². The molecular weight excluding hydrogens is 234 g/mol. The van der Waals surface area contributed by atoms with E-state index in [0.29, 0.717) is 41.7 Å². The summed E-state index contributed by atoms with van der Waals surface area (Å²) in [6.45, 7) is 0.910. The summed E-state index contributed by atoms with van der Waals surface area (Å²) in [6, 6.07) is 3.51. The van der Waals surface area contributed by atoms with Gasteiger partial charge in [-0.3, -0.25) is 4.68 Å². The predicted molar refractivity (Wildman–Crippen MR) is 65.7 cm³/mol. The Bertz CT molecular complexity index is 607.